The van der Waals surface area contributed by atoms with Gasteiger partial charge in [0.1, 0.15) is 16.6 Å². The summed E-state index contributed by atoms with van der Waals surface area (Å²) in [5.74, 6) is -0.113. The highest BCUT2D eigenvalue weighted by Crippen LogP contribution is 2.22. The van der Waals surface area contributed by atoms with Gasteiger partial charge >= 0.3 is 0 Å². The fourth-order valence-corrected chi connectivity index (χ4v) is 3.15. The highest BCUT2D eigenvalue weighted by molar-refractivity contribution is 6.33. The monoisotopic (exact) mass is 459 g/mol. The third-order valence-corrected chi connectivity index (χ3v) is 4.93. The van der Waals surface area contributed by atoms with E-state index in [9.17, 15) is 9.18 Å². The van der Waals surface area contributed by atoms with Crippen molar-refractivity contribution in [2.24, 2.45) is 0 Å². The number of amides is 1. The predicted molar refractivity (Wildman–Crippen MR) is 115 cm³/mol. The topological polar surface area (TPSA) is 74.0 Å². The molecule has 7 nitrogen and oxygen atoms in total. The van der Waals surface area contributed by atoms with Gasteiger partial charge < -0.3 is 10.1 Å². The van der Waals surface area contributed by atoms with Crippen LogP contribution >= 0.6 is 23.2 Å². The molecule has 0 spiro atoms. The summed E-state index contributed by atoms with van der Waals surface area (Å²) in [6, 6.07) is 14.6. The molecule has 2 aromatic carbocycles. The van der Waals surface area contributed by atoms with E-state index in [0.29, 0.717) is 22.3 Å². The summed E-state index contributed by atoms with van der Waals surface area (Å²) in [4.78, 5) is 12.5. The molecule has 1 N–H and O–H groups in total. The van der Waals surface area contributed by atoms with Crippen molar-refractivity contribution >= 4 is 34.9 Å². The Morgan fingerprint density at radius 2 is 1.77 bits per heavy atom. The Morgan fingerprint density at radius 1 is 1.00 bits per heavy atom. The maximum atomic E-state index is 12.9. The summed E-state index contributed by atoms with van der Waals surface area (Å²) in [6.07, 6.45) is 3.20. The van der Waals surface area contributed by atoms with Crippen LogP contribution in [0.25, 0.3) is 0 Å². The van der Waals surface area contributed by atoms with Gasteiger partial charge in [0.05, 0.1) is 6.54 Å². The standard InChI is InChI=1S/C21H16Cl2FN5O2/c22-17-4-2-1-3-14(17)11-29-12-18(23)20(27-29)25-21(30)19-9-10-28(26-19)13-31-16-7-5-15(24)6-8-16/h1-10,12H,11,13H2,(H,25,27,30). The van der Waals surface area contributed by atoms with Gasteiger partial charge in [-0.05, 0) is 42.0 Å². The fourth-order valence-electron chi connectivity index (χ4n) is 2.76. The van der Waals surface area contributed by atoms with Crippen molar-refractivity contribution in [1.29, 1.82) is 0 Å². The highest BCUT2D eigenvalue weighted by atomic mass is 35.5. The van der Waals surface area contributed by atoms with E-state index in [1.165, 1.54) is 35.0 Å². The molecule has 0 bridgehead atoms. The molecule has 0 atom stereocenters. The lowest BCUT2D eigenvalue weighted by Gasteiger charge is -2.06. The molecule has 0 radical (unpaired) electrons. The van der Waals surface area contributed by atoms with Gasteiger partial charge in [0.2, 0.25) is 0 Å². The first kappa shape index (κ1) is 20.9. The number of benzene rings is 2. The van der Waals surface area contributed by atoms with Gasteiger partial charge in [-0.15, -0.1) is 0 Å². The van der Waals surface area contributed by atoms with Gasteiger partial charge in [0.25, 0.3) is 5.91 Å². The van der Waals surface area contributed by atoms with Crippen LogP contribution in [-0.2, 0) is 13.3 Å². The maximum Gasteiger partial charge on any atom is 0.277 e. The maximum absolute atomic E-state index is 12.9. The number of ether oxygens (including phenoxy) is 1. The number of carbonyl (C=O) groups excluding carboxylic acids is 1. The predicted octanol–water partition coefficient (Wildman–Crippen LogP) is 4.86. The molecular weight excluding hydrogens is 444 g/mol. The molecule has 0 aliphatic heterocycles. The van der Waals surface area contributed by atoms with E-state index in [2.05, 4.69) is 15.5 Å². The Hall–Kier alpha value is -3.36. The molecule has 31 heavy (non-hydrogen) atoms. The quantitative estimate of drug-likeness (QED) is 0.428. The Kier molecular flexibility index (Phi) is 6.20. The molecule has 0 aliphatic rings. The van der Waals surface area contributed by atoms with Crippen LogP contribution in [0.15, 0.2) is 67.0 Å². The average molecular weight is 460 g/mol. The summed E-state index contributed by atoms with van der Waals surface area (Å²) in [7, 11) is 0. The Bertz CT molecular complexity index is 1210. The van der Waals surface area contributed by atoms with Crippen LogP contribution in [0.2, 0.25) is 10.0 Å². The number of nitrogens with one attached hydrogen (secondary N) is 1. The summed E-state index contributed by atoms with van der Waals surface area (Å²) in [5.41, 5.74) is 1.04. The van der Waals surface area contributed by atoms with Crippen molar-refractivity contribution in [2.75, 3.05) is 5.32 Å². The third kappa shape index (κ3) is 5.22. The molecule has 2 heterocycles. The van der Waals surface area contributed by atoms with Crippen molar-refractivity contribution in [3.8, 4) is 5.75 Å². The van der Waals surface area contributed by atoms with Crippen molar-refractivity contribution in [3.05, 3.63) is 94.1 Å². The molecule has 10 heteroatoms. The summed E-state index contributed by atoms with van der Waals surface area (Å²) >= 11 is 12.4. The molecule has 0 unspecified atom stereocenters. The van der Waals surface area contributed by atoms with E-state index in [4.69, 9.17) is 27.9 Å². The molecule has 0 saturated heterocycles. The van der Waals surface area contributed by atoms with Crippen LogP contribution in [-0.4, -0.2) is 25.5 Å². The molecule has 158 valence electrons. The second-order valence-corrected chi connectivity index (χ2v) is 7.35. The lowest BCUT2D eigenvalue weighted by atomic mass is 10.2. The van der Waals surface area contributed by atoms with Crippen LogP contribution in [0.3, 0.4) is 0 Å². The normalized spacial score (nSPS) is 10.8. The third-order valence-electron chi connectivity index (χ3n) is 4.29. The van der Waals surface area contributed by atoms with E-state index < -0.39 is 5.91 Å². The van der Waals surface area contributed by atoms with Crippen LogP contribution < -0.4 is 10.1 Å². The number of hydrogen-bond donors (Lipinski definition) is 1. The minimum Gasteiger partial charge on any atom is -0.471 e. The van der Waals surface area contributed by atoms with Crippen LogP contribution in [0.5, 0.6) is 5.75 Å². The average Bonchev–Trinajstić information content (AvgIpc) is 3.36. The molecule has 0 saturated carbocycles. The molecular formula is C21H16Cl2FN5O2. The number of carbonyl (C=O) groups is 1. The zero-order valence-electron chi connectivity index (χ0n) is 16.0. The van der Waals surface area contributed by atoms with Crippen LogP contribution in [0.4, 0.5) is 10.2 Å². The number of hydrogen-bond acceptors (Lipinski definition) is 4. The molecule has 1 amide bonds. The lowest BCUT2D eigenvalue weighted by molar-refractivity contribution is 0.101. The van der Waals surface area contributed by atoms with Gasteiger partial charge in [-0.2, -0.15) is 10.2 Å². The number of anilines is 1. The van der Waals surface area contributed by atoms with E-state index in [-0.39, 0.29) is 24.1 Å². The van der Waals surface area contributed by atoms with Crippen molar-refractivity contribution < 1.29 is 13.9 Å². The number of rotatable bonds is 7. The lowest BCUT2D eigenvalue weighted by Crippen LogP contribution is -2.15. The second kappa shape index (κ2) is 9.20. The molecule has 0 fully saturated rings. The van der Waals surface area contributed by atoms with Crippen molar-refractivity contribution in [1.82, 2.24) is 19.6 Å². The first-order valence-electron chi connectivity index (χ1n) is 9.17. The van der Waals surface area contributed by atoms with Crippen LogP contribution in [0.1, 0.15) is 16.1 Å². The summed E-state index contributed by atoms with van der Waals surface area (Å²) in [5, 5.41) is 12.0. The fraction of sp³-hybridized carbons (Fsp3) is 0.0952. The number of aromatic nitrogens is 4. The summed E-state index contributed by atoms with van der Waals surface area (Å²) < 4.78 is 21.5. The van der Waals surface area contributed by atoms with E-state index >= 15 is 0 Å². The highest BCUT2D eigenvalue weighted by Gasteiger charge is 2.15. The largest absolute Gasteiger partial charge is 0.471 e. The zero-order valence-corrected chi connectivity index (χ0v) is 17.5. The number of nitrogens with zero attached hydrogens (tertiary/aromatic N) is 4. The van der Waals surface area contributed by atoms with Crippen LogP contribution in [0, 0.1) is 5.82 Å². The van der Waals surface area contributed by atoms with Crippen molar-refractivity contribution in [3.63, 3.8) is 0 Å². The molecule has 4 rings (SSSR count). The van der Waals surface area contributed by atoms with E-state index in [0.717, 1.165) is 5.56 Å². The Labute approximate surface area is 187 Å². The van der Waals surface area contributed by atoms with Gasteiger partial charge in [0.15, 0.2) is 18.2 Å². The second-order valence-electron chi connectivity index (χ2n) is 6.54. The number of halogens is 3. The van der Waals surface area contributed by atoms with Crippen molar-refractivity contribution in [2.45, 2.75) is 13.3 Å². The Morgan fingerprint density at radius 3 is 2.55 bits per heavy atom. The molecule has 4 aromatic rings. The SMILES string of the molecule is O=C(Nc1nn(Cc2ccccc2Cl)cc1Cl)c1ccn(COc2ccc(F)cc2)n1. The van der Waals surface area contributed by atoms with E-state index in [1.807, 2.05) is 18.2 Å². The minimum absolute atomic E-state index is 0.0616. The minimum atomic E-state index is -0.467. The summed E-state index contributed by atoms with van der Waals surface area (Å²) in [6.45, 7) is 0.469. The zero-order chi connectivity index (χ0) is 21.8. The Balaban J connectivity index is 1.38. The smallest absolute Gasteiger partial charge is 0.277 e. The van der Waals surface area contributed by atoms with E-state index in [1.54, 1.807) is 23.1 Å². The van der Waals surface area contributed by atoms with Gasteiger partial charge in [-0.1, -0.05) is 41.4 Å². The molecule has 0 aliphatic carbocycles. The first-order chi connectivity index (χ1) is 15.0. The van der Waals surface area contributed by atoms with Gasteiger partial charge in [-0.25, -0.2) is 9.07 Å². The van der Waals surface area contributed by atoms with Gasteiger partial charge in [0, 0.05) is 17.4 Å². The first-order valence-corrected chi connectivity index (χ1v) is 9.93. The molecule has 2 aromatic heterocycles. The van der Waals surface area contributed by atoms with Gasteiger partial charge in [-0.3, -0.25) is 9.48 Å².